The van der Waals surface area contributed by atoms with Crippen LogP contribution >= 0.6 is 0 Å². The summed E-state index contributed by atoms with van der Waals surface area (Å²) in [5.41, 5.74) is 9.66. The number of hydrogen-bond donors (Lipinski definition) is 2. The predicted molar refractivity (Wildman–Crippen MR) is 132 cm³/mol. The van der Waals surface area contributed by atoms with E-state index in [0.29, 0.717) is 33.8 Å². The number of nitrogen functional groups attached to an aromatic ring is 1. The SMILES string of the molecule is CCOC(=O)C=Cc1nc(-c2ccc3nc(N)n(S(=O)(=O)C(C)C)c3c2)c(-c2ccccc2)[nH]1. The number of aromatic nitrogens is 4. The second-order valence-corrected chi connectivity index (χ2v) is 10.2. The smallest absolute Gasteiger partial charge is 0.330 e. The lowest BCUT2D eigenvalue weighted by atomic mass is 10.0. The van der Waals surface area contributed by atoms with Crippen molar-refractivity contribution in [2.24, 2.45) is 0 Å². The molecule has 176 valence electrons. The molecule has 0 saturated heterocycles. The number of nitrogens with zero attached hydrogens (tertiary/aromatic N) is 3. The highest BCUT2D eigenvalue weighted by molar-refractivity contribution is 7.90. The maximum Gasteiger partial charge on any atom is 0.330 e. The van der Waals surface area contributed by atoms with Crippen LogP contribution in [-0.2, 0) is 19.6 Å². The van der Waals surface area contributed by atoms with Gasteiger partial charge in [0.25, 0.3) is 0 Å². The number of hydrogen-bond acceptors (Lipinski definition) is 7. The van der Waals surface area contributed by atoms with Crippen molar-refractivity contribution in [1.29, 1.82) is 0 Å². The van der Waals surface area contributed by atoms with Crippen molar-refractivity contribution in [1.82, 2.24) is 18.9 Å². The van der Waals surface area contributed by atoms with E-state index in [9.17, 15) is 13.2 Å². The van der Waals surface area contributed by atoms with Gasteiger partial charge in [-0.2, -0.15) is 0 Å². The van der Waals surface area contributed by atoms with Gasteiger partial charge < -0.3 is 15.5 Å². The van der Waals surface area contributed by atoms with Gasteiger partial charge in [-0.15, -0.1) is 0 Å². The van der Waals surface area contributed by atoms with E-state index in [2.05, 4.69) is 15.0 Å². The molecule has 4 aromatic rings. The van der Waals surface area contributed by atoms with E-state index in [-0.39, 0.29) is 12.6 Å². The lowest BCUT2D eigenvalue weighted by molar-refractivity contribution is -0.137. The van der Waals surface area contributed by atoms with Crippen LogP contribution in [0.2, 0.25) is 0 Å². The van der Waals surface area contributed by atoms with Gasteiger partial charge in [0, 0.05) is 17.2 Å². The van der Waals surface area contributed by atoms with Crippen LogP contribution < -0.4 is 5.73 Å². The summed E-state index contributed by atoms with van der Waals surface area (Å²) in [6.07, 6.45) is 2.84. The minimum Gasteiger partial charge on any atom is -0.463 e. The van der Waals surface area contributed by atoms with Crippen LogP contribution in [0.5, 0.6) is 0 Å². The molecule has 0 saturated carbocycles. The van der Waals surface area contributed by atoms with Crippen LogP contribution in [0.1, 0.15) is 26.6 Å². The van der Waals surface area contributed by atoms with Crippen LogP contribution in [0.25, 0.3) is 39.6 Å². The summed E-state index contributed by atoms with van der Waals surface area (Å²) in [5.74, 6) is -0.115. The molecule has 9 nitrogen and oxygen atoms in total. The first-order chi connectivity index (χ1) is 16.2. The molecule has 0 atom stereocenters. The molecule has 0 unspecified atom stereocenters. The summed E-state index contributed by atoms with van der Waals surface area (Å²) in [6.45, 7) is 5.19. The van der Waals surface area contributed by atoms with Crippen molar-refractivity contribution in [3.05, 3.63) is 60.4 Å². The number of benzene rings is 2. The summed E-state index contributed by atoms with van der Waals surface area (Å²) in [6, 6.07) is 14.8. The zero-order valence-corrected chi connectivity index (χ0v) is 19.8. The van der Waals surface area contributed by atoms with Crippen molar-refractivity contribution in [2.45, 2.75) is 26.0 Å². The number of nitrogens with two attached hydrogens (primary N) is 1. The second-order valence-electron chi connectivity index (χ2n) is 7.83. The van der Waals surface area contributed by atoms with E-state index in [1.807, 2.05) is 36.4 Å². The Labute approximate surface area is 197 Å². The van der Waals surface area contributed by atoms with Gasteiger partial charge in [-0.3, -0.25) is 0 Å². The molecule has 0 aliphatic carbocycles. The summed E-state index contributed by atoms with van der Waals surface area (Å²) >= 11 is 0. The summed E-state index contributed by atoms with van der Waals surface area (Å²) < 4.78 is 31.9. The minimum absolute atomic E-state index is 0.0933. The van der Waals surface area contributed by atoms with E-state index in [1.54, 1.807) is 32.9 Å². The highest BCUT2D eigenvalue weighted by atomic mass is 32.2. The summed E-state index contributed by atoms with van der Waals surface area (Å²) in [5, 5.41) is -0.680. The topological polar surface area (TPSA) is 133 Å². The Kier molecular flexibility index (Phi) is 6.25. The van der Waals surface area contributed by atoms with Gasteiger partial charge in [0.15, 0.2) is 0 Å². The Bertz CT molecular complexity index is 1480. The number of nitrogens with one attached hydrogen (secondary N) is 1. The van der Waals surface area contributed by atoms with Crippen molar-refractivity contribution >= 4 is 39.1 Å². The molecule has 0 radical (unpaired) electrons. The monoisotopic (exact) mass is 479 g/mol. The van der Waals surface area contributed by atoms with Gasteiger partial charge in [0.1, 0.15) is 5.82 Å². The molecule has 0 fully saturated rings. The quantitative estimate of drug-likeness (QED) is 0.304. The average molecular weight is 480 g/mol. The number of esters is 1. The minimum atomic E-state index is -3.73. The Hall–Kier alpha value is -3.92. The Morgan fingerprint density at radius 3 is 2.56 bits per heavy atom. The third-order valence-electron chi connectivity index (χ3n) is 5.21. The van der Waals surface area contributed by atoms with Crippen LogP contribution in [-0.4, -0.2) is 45.2 Å². The Morgan fingerprint density at radius 2 is 1.88 bits per heavy atom. The van der Waals surface area contributed by atoms with Gasteiger partial charge >= 0.3 is 5.97 Å². The number of ether oxygens (including phenoxy) is 1. The molecule has 2 aromatic carbocycles. The van der Waals surface area contributed by atoms with Crippen molar-refractivity contribution < 1.29 is 17.9 Å². The number of anilines is 1. The number of imidazole rings is 2. The molecule has 0 aliphatic rings. The number of fused-ring (bicyclic) bond motifs is 1. The molecular formula is C24H25N5O4S. The van der Waals surface area contributed by atoms with E-state index in [4.69, 9.17) is 10.5 Å². The Balaban J connectivity index is 1.89. The fourth-order valence-electron chi connectivity index (χ4n) is 3.53. The number of rotatable bonds is 7. The van der Waals surface area contributed by atoms with Crippen LogP contribution in [0.15, 0.2) is 54.6 Å². The van der Waals surface area contributed by atoms with Gasteiger partial charge in [-0.1, -0.05) is 36.4 Å². The van der Waals surface area contributed by atoms with Gasteiger partial charge in [0.2, 0.25) is 16.0 Å². The molecule has 0 bridgehead atoms. The fourth-order valence-corrected chi connectivity index (χ4v) is 4.67. The summed E-state index contributed by atoms with van der Waals surface area (Å²) in [7, 11) is -3.73. The van der Waals surface area contributed by atoms with E-state index < -0.39 is 21.2 Å². The largest absolute Gasteiger partial charge is 0.463 e. The van der Waals surface area contributed by atoms with E-state index >= 15 is 0 Å². The maximum atomic E-state index is 12.9. The normalized spacial score (nSPS) is 12.1. The molecule has 0 spiro atoms. The molecule has 0 amide bonds. The van der Waals surface area contributed by atoms with Crippen molar-refractivity contribution in [2.75, 3.05) is 12.3 Å². The first-order valence-corrected chi connectivity index (χ1v) is 12.3. The first kappa shape index (κ1) is 23.2. The molecule has 2 aromatic heterocycles. The third kappa shape index (κ3) is 4.32. The van der Waals surface area contributed by atoms with Crippen LogP contribution in [0.3, 0.4) is 0 Å². The average Bonchev–Trinajstić information content (AvgIpc) is 3.38. The van der Waals surface area contributed by atoms with E-state index in [0.717, 1.165) is 9.54 Å². The summed E-state index contributed by atoms with van der Waals surface area (Å²) in [4.78, 5) is 23.9. The molecule has 3 N–H and O–H groups in total. The molecular weight excluding hydrogens is 454 g/mol. The molecule has 4 rings (SSSR count). The van der Waals surface area contributed by atoms with Crippen molar-refractivity contribution in [3.63, 3.8) is 0 Å². The van der Waals surface area contributed by atoms with Crippen molar-refractivity contribution in [3.8, 4) is 22.5 Å². The number of carbonyl (C=O) groups is 1. The van der Waals surface area contributed by atoms with Gasteiger partial charge in [-0.05, 0) is 39.0 Å². The molecule has 0 aliphatic heterocycles. The predicted octanol–water partition coefficient (Wildman–Crippen LogP) is 3.84. The van der Waals surface area contributed by atoms with Crippen LogP contribution in [0.4, 0.5) is 5.95 Å². The Morgan fingerprint density at radius 1 is 1.15 bits per heavy atom. The number of aromatic amines is 1. The standard InChI is InChI=1S/C24H25N5O4S/c1-4-33-21(30)13-12-20-27-22(16-8-6-5-7-9-16)23(28-20)17-10-11-18-19(14-17)29(24(25)26-18)34(31,32)15(2)3/h5-15H,4H2,1-3H3,(H2,25,26)(H,27,28). The number of carbonyl (C=O) groups excluding carboxylic acids is 1. The zero-order chi connectivity index (χ0) is 24.5. The van der Waals surface area contributed by atoms with Crippen LogP contribution in [0, 0.1) is 0 Å². The number of H-pyrrole nitrogens is 1. The molecule has 10 heteroatoms. The molecule has 34 heavy (non-hydrogen) atoms. The lowest BCUT2D eigenvalue weighted by Crippen LogP contribution is -2.23. The van der Waals surface area contributed by atoms with E-state index in [1.165, 1.54) is 12.2 Å². The second kappa shape index (κ2) is 9.14. The maximum absolute atomic E-state index is 12.9. The highest BCUT2D eigenvalue weighted by Crippen LogP contribution is 2.33. The fraction of sp³-hybridized carbons (Fsp3) is 0.208. The molecule has 2 heterocycles. The zero-order valence-electron chi connectivity index (χ0n) is 19.0. The first-order valence-electron chi connectivity index (χ1n) is 10.8. The van der Waals surface area contributed by atoms with Gasteiger partial charge in [-0.25, -0.2) is 27.2 Å². The lowest BCUT2D eigenvalue weighted by Gasteiger charge is -2.11. The third-order valence-corrected chi connectivity index (χ3v) is 7.29. The van der Waals surface area contributed by atoms with Gasteiger partial charge in [0.05, 0.1) is 34.3 Å². The highest BCUT2D eigenvalue weighted by Gasteiger charge is 2.25.